The van der Waals surface area contributed by atoms with Crippen LogP contribution in [-0.2, 0) is 6.54 Å². The van der Waals surface area contributed by atoms with Gasteiger partial charge in [-0.3, -0.25) is 0 Å². The van der Waals surface area contributed by atoms with Crippen LogP contribution in [-0.4, -0.2) is 28.8 Å². The normalized spacial score (nSPS) is 10.7. The van der Waals surface area contributed by atoms with Crippen LogP contribution in [0.5, 0.6) is 11.5 Å². The molecule has 136 valence electrons. The minimum Gasteiger partial charge on any atom is -0.497 e. The molecular weight excluding hydrogens is 340 g/mol. The van der Waals surface area contributed by atoms with Crippen molar-refractivity contribution in [2.45, 2.75) is 6.54 Å². The summed E-state index contributed by atoms with van der Waals surface area (Å²) < 4.78 is 12.2. The van der Waals surface area contributed by atoms with Gasteiger partial charge in [0.2, 0.25) is 0 Å². The van der Waals surface area contributed by atoms with Gasteiger partial charge in [-0.05, 0) is 41.5 Å². The fraction of sp³-hybridized carbons (Fsp3) is 0.143. The number of aromatic nitrogens is 3. The van der Waals surface area contributed by atoms with Crippen LogP contribution in [0.15, 0.2) is 67.0 Å². The Labute approximate surface area is 157 Å². The molecule has 0 saturated heterocycles. The Bertz CT molecular complexity index is 1040. The van der Waals surface area contributed by atoms with Crippen molar-refractivity contribution in [2.24, 2.45) is 0 Å². The number of rotatable bonds is 6. The third kappa shape index (κ3) is 3.42. The molecule has 1 N–H and O–H groups in total. The molecule has 0 saturated carbocycles. The van der Waals surface area contributed by atoms with Crippen molar-refractivity contribution in [2.75, 3.05) is 19.5 Å². The third-order valence-electron chi connectivity index (χ3n) is 4.43. The molecule has 0 aliphatic heterocycles. The van der Waals surface area contributed by atoms with Gasteiger partial charge in [0, 0.05) is 18.3 Å². The van der Waals surface area contributed by atoms with Crippen LogP contribution in [0.1, 0.15) is 5.56 Å². The minimum atomic E-state index is 0.681. The maximum atomic E-state index is 5.23. The van der Waals surface area contributed by atoms with Crippen molar-refractivity contribution < 1.29 is 9.47 Å². The zero-order valence-corrected chi connectivity index (χ0v) is 15.2. The summed E-state index contributed by atoms with van der Waals surface area (Å²) in [5, 5.41) is 7.94. The van der Waals surface area contributed by atoms with Crippen molar-refractivity contribution in [1.29, 1.82) is 0 Å². The zero-order valence-electron chi connectivity index (χ0n) is 15.2. The number of methoxy groups -OCH3 is 2. The number of benzene rings is 2. The molecule has 2 aromatic carbocycles. The topological polar surface area (TPSA) is 60.7 Å². The second-order valence-corrected chi connectivity index (χ2v) is 6.05. The van der Waals surface area contributed by atoms with Crippen LogP contribution in [0, 0.1) is 0 Å². The van der Waals surface area contributed by atoms with Crippen molar-refractivity contribution in [3.63, 3.8) is 0 Å². The molecule has 0 bridgehead atoms. The molecule has 0 spiro atoms. The van der Waals surface area contributed by atoms with Gasteiger partial charge in [-0.15, -0.1) is 0 Å². The van der Waals surface area contributed by atoms with Gasteiger partial charge in [0.25, 0.3) is 0 Å². The highest BCUT2D eigenvalue weighted by Gasteiger charge is 2.10. The van der Waals surface area contributed by atoms with Crippen LogP contribution in [0.2, 0.25) is 0 Å². The maximum Gasteiger partial charge on any atom is 0.165 e. The van der Waals surface area contributed by atoms with E-state index in [4.69, 9.17) is 9.47 Å². The third-order valence-corrected chi connectivity index (χ3v) is 4.43. The van der Waals surface area contributed by atoms with Gasteiger partial charge >= 0.3 is 0 Å². The molecule has 2 aromatic heterocycles. The average molecular weight is 360 g/mol. The summed E-state index contributed by atoms with van der Waals surface area (Å²) in [4.78, 5) is 4.51. The standard InChI is InChI=1S/C21H20N4O2/c1-26-17-7-3-15(4-8-17)13-23-20-11-12-22-21-19(14-24-25(20)21)16-5-9-18(27-2)10-6-16/h3-12,14,23H,13H2,1-2H3. The maximum absolute atomic E-state index is 5.23. The first-order valence-corrected chi connectivity index (χ1v) is 8.62. The molecule has 0 amide bonds. The number of hydrogen-bond donors (Lipinski definition) is 1. The van der Waals surface area contributed by atoms with Crippen LogP contribution in [0.3, 0.4) is 0 Å². The first-order valence-electron chi connectivity index (χ1n) is 8.62. The number of hydrogen-bond acceptors (Lipinski definition) is 5. The summed E-state index contributed by atoms with van der Waals surface area (Å²) in [6.45, 7) is 0.681. The highest BCUT2D eigenvalue weighted by Crippen LogP contribution is 2.26. The van der Waals surface area contributed by atoms with E-state index in [9.17, 15) is 0 Å². The van der Waals surface area contributed by atoms with Crippen LogP contribution in [0.25, 0.3) is 16.8 Å². The SMILES string of the molecule is COc1ccc(CNc2ccnc3c(-c4ccc(OC)cc4)cnn23)cc1. The summed E-state index contributed by atoms with van der Waals surface area (Å²) in [5.41, 5.74) is 3.99. The molecule has 4 aromatic rings. The van der Waals surface area contributed by atoms with E-state index in [1.807, 2.05) is 65.3 Å². The number of nitrogens with zero attached hydrogens (tertiary/aromatic N) is 3. The van der Waals surface area contributed by atoms with Gasteiger partial charge in [0.15, 0.2) is 5.65 Å². The van der Waals surface area contributed by atoms with E-state index < -0.39 is 0 Å². The van der Waals surface area contributed by atoms with Gasteiger partial charge in [0.1, 0.15) is 17.3 Å². The molecular formula is C21H20N4O2. The lowest BCUT2D eigenvalue weighted by atomic mass is 10.1. The Kier molecular flexibility index (Phi) is 4.61. The van der Waals surface area contributed by atoms with E-state index in [1.165, 1.54) is 0 Å². The molecule has 0 atom stereocenters. The lowest BCUT2D eigenvalue weighted by molar-refractivity contribution is 0.414. The van der Waals surface area contributed by atoms with Crippen LogP contribution >= 0.6 is 0 Å². The van der Waals surface area contributed by atoms with E-state index in [2.05, 4.69) is 15.4 Å². The second-order valence-electron chi connectivity index (χ2n) is 6.05. The van der Waals surface area contributed by atoms with E-state index >= 15 is 0 Å². The molecule has 27 heavy (non-hydrogen) atoms. The Morgan fingerprint density at radius 1 is 0.889 bits per heavy atom. The van der Waals surface area contributed by atoms with Gasteiger partial charge in [0.05, 0.1) is 20.4 Å². The number of ether oxygens (including phenoxy) is 2. The molecule has 0 aliphatic carbocycles. The van der Waals surface area contributed by atoms with Crippen LogP contribution < -0.4 is 14.8 Å². The fourth-order valence-corrected chi connectivity index (χ4v) is 2.94. The van der Waals surface area contributed by atoms with E-state index in [0.29, 0.717) is 6.54 Å². The molecule has 0 unspecified atom stereocenters. The first kappa shape index (κ1) is 16.9. The van der Waals surface area contributed by atoms with E-state index in [1.54, 1.807) is 20.4 Å². The quantitative estimate of drug-likeness (QED) is 0.563. The highest BCUT2D eigenvalue weighted by atomic mass is 16.5. The van der Waals surface area contributed by atoms with Gasteiger partial charge in [-0.2, -0.15) is 9.61 Å². The van der Waals surface area contributed by atoms with Crippen molar-refractivity contribution in [3.05, 3.63) is 72.6 Å². The minimum absolute atomic E-state index is 0.681. The van der Waals surface area contributed by atoms with Crippen molar-refractivity contribution in [1.82, 2.24) is 14.6 Å². The predicted octanol–water partition coefficient (Wildman–Crippen LogP) is 4.03. The monoisotopic (exact) mass is 360 g/mol. The Morgan fingerprint density at radius 3 is 2.22 bits per heavy atom. The molecule has 4 rings (SSSR count). The summed E-state index contributed by atoms with van der Waals surface area (Å²) in [6, 6.07) is 17.8. The van der Waals surface area contributed by atoms with E-state index in [-0.39, 0.29) is 0 Å². The lowest BCUT2D eigenvalue weighted by Crippen LogP contribution is -2.05. The zero-order chi connectivity index (χ0) is 18.6. The van der Waals surface area contributed by atoms with Gasteiger partial charge < -0.3 is 14.8 Å². The predicted molar refractivity (Wildman–Crippen MR) is 105 cm³/mol. The summed E-state index contributed by atoms with van der Waals surface area (Å²) >= 11 is 0. The number of fused-ring (bicyclic) bond motifs is 1. The lowest BCUT2D eigenvalue weighted by Gasteiger charge is -2.09. The Hall–Kier alpha value is -3.54. The summed E-state index contributed by atoms with van der Waals surface area (Å²) in [7, 11) is 3.33. The molecule has 2 heterocycles. The van der Waals surface area contributed by atoms with Gasteiger partial charge in [-0.25, -0.2) is 4.98 Å². The number of nitrogens with one attached hydrogen (secondary N) is 1. The Balaban J connectivity index is 1.59. The smallest absolute Gasteiger partial charge is 0.165 e. The average Bonchev–Trinajstić information content (AvgIpc) is 3.17. The van der Waals surface area contributed by atoms with E-state index in [0.717, 1.165) is 39.7 Å². The summed E-state index contributed by atoms with van der Waals surface area (Å²) in [5.74, 6) is 2.56. The summed E-state index contributed by atoms with van der Waals surface area (Å²) in [6.07, 6.45) is 3.63. The Morgan fingerprint density at radius 2 is 1.56 bits per heavy atom. The highest BCUT2D eigenvalue weighted by molar-refractivity contribution is 5.78. The van der Waals surface area contributed by atoms with Gasteiger partial charge in [-0.1, -0.05) is 24.3 Å². The largest absolute Gasteiger partial charge is 0.497 e. The van der Waals surface area contributed by atoms with Crippen molar-refractivity contribution >= 4 is 11.5 Å². The first-order chi connectivity index (χ1) is 13.3. The molecule has 6 nitrogen and oxygen atoms in total. The molecule has 0 radical (unpaired) electrons. The number of anilines is 1. The van der Waals surface area contributed by atoms with Crippen molar-refractivity contribution in [3.8, 4) is 22.6 Å². The second kappa shape index (κ2) is 7.37. The fourth-order valence-electron chi connectivity index (χ4n) is 2.94. The molecule has 6 heteroatoms. The molecule has 0 fully saturated rings. The molecule has 0 aliphatic rings. The van der Waals surface area contributed by atoms with Crippen LogP contribution in [0.4, 0.5) is 5.82 Å².